The predicted molar refractivity (Wildman–Crippen MR) is 56.3 cm³/mol. The summed E-state index contributed by atoms with van der Waals surface area (Å²) in [6.07, 6.45) is -4.54. The molecule has 1 aromatic carbocycles. The highest BCUT2D eigenvalue weighted by atomic mass is 79.9. The molecule has 0 unspecified atom stereocenters. The van der Waals surface area contributed by atoms with Gasteiger partial charge < -0.3 is 4.90 Å². The SMILES string of the molecule is FC1(F)CN(c2cc(Br)ccc2C(F)(F)F)C1. The van der Waals surface area contributed by atoms with Gasteiger partial charge in [0.25, 0.3) is 5.92 Å². The lowest BCUT2D eigenvalue weighted by atomic mass is 10.1. The van der Waals surface area contributed by atoms with E-state index < -0.39 is 30.8 Å². The maximum atomic E-state index is 12.7. The van der Waals surface area contributed by atoms with Crippen LogP contribution in [0.25, 0.3) is 0 Å². The van der Waals surface area contributed by atoms with E-state index in [2.05, 4.69) is 15.9 Å². The third-order valence-electron chi connectivity index (χ3n) is 2.45. The van der Waals surface area contributed by atoms with Crippen LogP contribution < -0.4 is 4.90 Å². The molecule has 1 heterocycles. The van der Waals surface area contributed by atoms with Crippen LogP contribution in [-0.2, 0) is 6.18 Å². The Hall–Kier alpha value is -0.850. The van der Waals surface area contributed by atoms with E-state index in [1.807, 2.05) is 0 Å². The van der Waals surface area contributed by atoms with Crippen molar-refractivity contribution in [1.82, 2.24) is 0 Å². The van der Waals surface area contributed by atoms with Gasteiger partial charge >= 0.3 is 6.18 Å². The minimum Gasteiger partial charge on any atom is -0.359 e. The van der Waals surface area contributed by atoms with Crippen LogP contribution in [-0.4, -0.2) is 19.0 Å². The van der Waals surface area contributed by atoms with Crippen molar-refractivity contribution in [3.8, 4) is 0 Å². The Balaban J connectivity index is 2.36. The summed E-state index contributed by atoms with van der Waals surface area (Å²) in [5.74, 6) is -2.90. The molecule has 0 atom stereocenters. The fourth-order valence-corrected chi connectivity index (χ4v) is 2.04. The maximum absolute atomic E-state index is 12.7. The third-order valence-corrected chi connectivity index (χ3v) is 2.94. The summed E-state index contributed by atoms with van der Waals surface area (Å²) in [7, 11) is 0. The van der Waals surface area contributed by atoms with Crippen LogP contribution in [0.5, 0.6) is 0 Å². The number of alkyl halides is 5. The predicted octanol–water partition coefficient (Wildman–Crippen LogP) is 3.92. The molecule has 0 bridgehead atoms. The first kappa shape index (κ1) is 12.6. The highest BCUT2D eigenvalue weighted by Gasteiger charge is 2.46. The Morgan fingerprint density at radius 1 is 1.18 bits per heavy atom. The highest BCUT2D eigenvalue weighted by molar-refractivity contribution is 9.10. The molecule has 0 radical (unpaired) electrons. The molecule has 1 nitrogen and oxygen atoms in total. The van der Waals surface area contributed by atoms with Crippen LogP contribution in [0.1, 0.15) is 5.56 Å². The van der Waals surface area contributed by atoms with Gasteiger partial charge in [-0.2, -0.15) is 13.2 Å². The molecule has 0 N–H and O–H groups in total. The standard InChI is InChI=1S/C10H7BrF5N/c11-6-1-2-7(10(14,15)16)8(3-6)17-4-9(12,13)5-17/h1-3H,4-5H2. The molecule has 17 heavy (non-hydrogen) atoms. The summed E-state index contributed by atoms with van der Waals surface area (Å²) in [5, 5.41) is 0. The molecule has 1 fully saturated rings. The Morgan fingerprint density at radius 2 is 1.76 bits per heavy atom. The largest absolute Gasteiger partial charge is 0.418 e. The first-order chi connectivity index (χ1) is 7.69. The minimum atomic E-state index is -4.54. The second-order valence-corrected chi connectivity index (χ2v) is 4.79. The lowest BCUT2D eigenvalue weighted by Crippen LogP contribution is -2.56. The first-order valence-electron chi connectivity index (χ1n) is 4.69. The number of benzene rings is 1. The van der Waals surface area contributed by atoms with Gasteiger partial charge in [-0.1, -0.05) is 15.9 Å². The summed E-state index contributed by atoms with van der Waals surface area (Å²) in [6.45, 7) is -1.35. The molecular weight excluding hydrogens is 309 g/mol. The van der Waals surface area contributed by atoms with Crippen LogP contribution in [0.2, 0.25) is 0 Å². The molecule has 7 heteroatoms. The van der Waals surface area contributed by atoms with E-state index in [1.54, 1.807) is 0 Å². The van der Waals surface area contributed by atoms with Crippen molar-refractivity contribution in [2.75, 3.05) is 18.0 Å². The van der Waals surface area contributed by atoms with Crippen molar-refractivity contribution in [3.63, 3.8) is 0 Å². The van der Waals surface area contributed by atoms with Crippen molar-refractivity contribution in [2.24, 2.45) is 0 Å². The van der Waals surface area contributed by atoms with Crippen molar-refractivity contribution < 1.29 is 22.0 Å². The van der Waals surface area contributed by atoms with Crippen LogP contribution in [0.3, 0.4) is 0 Å². The van der Waals surface area contributed by atoms with Crippen LogP contribution >= 0.6 is 15.9 Å². The van der Waals surface area contributed by atoms with E-state index in [1.165, 1.54) is 12.1 Å². The van der Waals surface area contributed by atoms with Crippen LogP contribution in [0.4, 0.5) is 27.6 Å². The van der Waals surface area contributed by atoms with E-state index in [4.69, 9.17) is 0 Å². The number of nitrogens with zero attached hydrogens (tertiary/aromatic N) is 1. The third kappa shape index (κ3) is 2.53. The molecule has 0 spiro atoms. The molecule has 0 aliphatic carbocycles. The van der Waals surface area contributed by atoms with E-state index in [0.29, 0.717) is 4.47 Å². The molecule has 0 saturated carbocycles. The van der Waals surface area contributed by atoms with Gasteiger partial charge in [-0.25, -0.2) is 8.78 Å². The van der Waals surface area contributed by atoms with Gasteiger partial charge in [-0.15, -0.1) is 0 Å². The molecule has 94 valence electrons. The normalized spacial score (nSPS) is 19.1. The smallest absolute Gasteiger partial charge is 0.359 e. The lowest BCUT2D eigenvalue weighted by molar-refractivity contribution is -0.137. The Kier molecular flexibility index (Phi) is 2.84. The fourth-order valence-electron chi connectivity index (χ4n) is 1.69. The molecule has 0 amide bonds. The Bertz CT molecular complexity index is 435. The van der Waals surface area contributed by atoms with E-state index in [0.717, 1.165) is 11.0 Å². The van der Waals surface area contributed by atoms with Gasteiger partial charge in [0, 0.05) is 4.47 Å². The number of anilines is 1. The minimum absolute atomic E-state index is 0.210. The van der Waals surface area contributed by atoms with Gasteiger partial charge in [0.05, 0.1) is 24.3 Å². The van der Waals surface area contributed by atoms with Crippen molar-refractivity contribution in [1.29, 1.82) is 0 Å². The monoisotopic (exact) mass is 315 g/mol. The van der Waals surface area contributed by atoms with Gasteiger partial charge in [0.15, 0.2) is 0 Å². The summed E-state index contributed by atoms with van der Waals surface area (Å²) in [5.41, 5.74) is -1.10. The number of halogens is 6. The van der Waals surface area contributed by atoms with E-state index in [9.17, 15) is 22.0 Å². The van der Waals surface area contributed by atoms with Crippen molar-refractivity contribution >= 4 is 21.6 Å². The van der Waals surface area contributed by atoms with E-state index >= 15 is 0 Å². The molecular formula is C10H7BrF5N. The van der Waals surface area contributed by atoms with Crippen molar-refractivity contribution in [2.45, 2.75) is 12.1 Å². The number of hydrogen-bond donors (Lipinski definition) is 0. The van der Waals surface area contributed by atoms with Gasteiger partial charge in [0.1, 0.15) is 0 Å². The summed E-state index contributed by atoms with van der Waals surface area (Å²) >= 11 is 3.03. The molecule has 1 aromatic rings. The molecule has 2 rings (SSSR count). The van der Waals surface area contributed by atoms with E-state index in [-0.39, 0.29) is 5.69 Å². The average Bonchev–Trinajstić information content (AvgIpc) is 2.11. The zero-order chi connectivity index (χ0) is 12.8. The van der Waals surface area contributed by atoms with Crippen LogP contribution in [0.15, 0.2) is 22.7 Å². The highest BCUT2D eigenvalue weighted by Crippen LogP contribution is 2.41. The summed E-state index contributed by atoms with van der Waals surface area (Å²) in [6, 6.07) is 3.33. The molecule has 1 aliphatic rings. The maximum Gasteiger partial charge on any atom is 0.418 e. The number of hydrogen-bond acceptors (Lipinski definition) is 1. The average molecular weight is 316 g/mol. The van der Waals surface area contributed by atoms with Crippen LogP contribution in [0, 0.1) is 0 Å². The lowest BCUT2D eigenvalue weighted by Gasteiger charge is -2.41. The van der Waals surface area contributed by atoms with Gasteiger partial charge in [-0.05, 0) is 18.2 Å². The second-order valence-electron chi connectivity index (χ2n) is 3.87. The topological polar surface area (TPSA) is 3.24 Å². The summed E-state index contributed by atoms with van der Waals surface area (Å²) < 4.78 is 63.8. The zero-order valence-corrected chi connectivity index (χ0v) is 9.95. The Morgan fingerprint density at radius 3 is 2.24 bits per heavy atom. The quantitative estimate of drug-likeness (QED) is 0.710. The molecule has 0 aromatic heterocycles. The Labute approximate surface area is 102 Å². The number of rotatable bonds is 1. The molecule has 1 saturated heterocycles. The second kappa shape index (κ2) is 3.83. The first-order valence-corrected chi connectivity index (χ1v) is 5.48. The fraction of sp³-hybridized carbons (Fsp3) is 0.400. The van der Waals surface area contributed by atoms with Gasteiger partial charge in [0.2, 0.25) is 0 Å². The van der Waals surface area contributed by atoms with Crippen molar-refractivity contribution in [3.05, 3.63) is 28.2 Å². The zero-order valence-electron chi connectivity index (χ0n) is 8.36. The summed E-state index contributed by atoms with van der Waals surface area (Å²) in [4.78, 5) is 1.02. The molecule has 1 aliphatic heterocycles. The van der Waals surface area contributed by atoms with Gasteiger partial charge in [-0.3, -0.25) is 0 Å².